The van der Waals surface area contributed by atoms with Gasteiger partial charge < -0.3 is 14.9 Å². The topological polar surface area (TPSA) is 83.8 Å². The molecule has 1 heterocycles. The SMILES string of the molecule is O=S1(=O)CC(O)C(Oc2ccc(F)cc2CO)C1. The van der Waals surface area contributed by atoms with E-state index in [1.165, 1.54) is 6.07 Å². The van der Waals surface area contributed by atoms with Crippen LogP contribution in [0.5, 0.6) is 5.75 Å². The fraction of sp³-hybridized carbons (Fsp3) is 0.455. The molecule has 100 valence electrons. The molecule has 1 fully saturated rings. The molecule has 0 aliphatic carbocycles. The molecule has 2 rings (SSSR count). The van der Waals surface area contributed by atoms with Crippen LogP contribution in [0.2, 0.25) is 0 Å². The number of benzene rings is 1. The van der Waals surface area contributed by atoms with Crippen molar-refractivity contribution >= 4 is 9.84 Å². The third kappa shape index (κ3) is 2.80. The Morgan fingerprint density at radius 1 is 1.39 bits per heavy atom. The normalized spacial score (nSPS) is 26.2. The highest BCUT2D eigenvalue weighted by molar-refractivity contribution is 7.91. The predicted octanol–water partition coefficient (Wildman–Crippen LogP) is -0.145. The van der Waals surface area contributed by atoms with E-state index in [-0.39, 0.29) is 22.8 Å². The van der Waals surface area contributed by atoms with Crippen LogP contribution in [0.4, 0.5) is 4.39 Å². The fourth-order valence-corrected chi connectivity index (χ4v) is 3.52. The van der Waals surface area contributed by atoms with Crippen LogP contribution < -0.4 is 4.74 Å². The highest BCUT2D eigenvalue weighted by Gasteiger charge is 2.38. The molecule has 0 radical (unpaired) electrons. The summed E-state index contributed by atoms with van der Waals surface area (Å²) < 4.78 is 40.9. The van der Waals surface area contributed by atoms with E-state index < -0.39 is 34.5 Å². The highest BCUT2D eigenvalue weighted by atomic mass is 32.2. The molecule has 0 aromatic heterocycles. The van der Waals surface area contributed by atoms with Gasteiger partial charge >= 0.3 is 0 Å². The van der Waals surface area contributed by atoms with E-state index in [0.29, 0.717) is 0 Å². The van der Waals surface area contributed by atoms with Crippen molar-refractivity contribution in [1.82, 2.24) is 0 Å². The Morgan fingerprint density at radius 2 is 2.11 bits per heavy atom. The summed E-state index contributed by atoms with van der Waals surface area (Å²) >= 11 is 0. The number of ether oxygens (including phenoxy) is 1. The lowest BCUT2D eigenvalue weighted by Gasteiger charge is -2.17. The smallest absolute Gasteiger partial charge is 0.156 e. The highest BCUT2D eigenvalue weighted by Crippen LogP contribution is 2.24. The van der Waals surface area contributed by atoms with Crippen LogP contribution in [0.1, 0.15) is 5.56 Å². The van der Waals surface area contributed by atoms with Gasteiger partial charge in [0, 0.05) is 5.56 Å². The van der Waals surface area contributed by atoms with Crippen LogP contribution in [0.15, 0.2) is 18.2 Å². The van der Waals surface area contributed by atoms with Gasteiger partial charge in [-0.25, -0.2) is 12.8 Å². The van der Waals surface area contributed by atoms with Crippen molar-refractivity contribution in [1.29, 1.82) is 0 Å². The number of hydrogen-bond acceptors (Lipinski definition) is 5. The summed E-state index contributed by atoms with van der Waals surface area (Å²) in [7, 11) is -3.30. The molecule has 1 aromatic carbocycles. The van der Waals surface area contributed by atoms with Gasteiger partial charge in [-0.15, -0.1) is 0 Å². The monoisotopic (exact) mass is 276 g/mol. The maximum absolute atomic E-state index is 12.9. The molecule has 1 saturated heterocycles. The summed E-state index contributed by atoms with van der Waals surface area (Å²) in [5.41, 5.74) is 0.214. The summed E-state index contributed by atoms with van der Waals surface area (Å²) in [6, 6.07) is 3.55. The van der Waals surface area contributed by atoms with Gasteiger partial charge in [0.15, 0.2) is 9.84 Å². The minimum atomic E-state index is -3.30. The lowest BCUT2D eigenvalue weighted by molar-refractivity contribution is 0.0720. The second-order valence-electron chi connectivity index (χ2n) is 4.21. The molecule has 0 spiro atoms. The first-order chi connectivity index (χ1) is 8.41. The van der Waals surface area contributed by atoms with E-state index in [1.807, 2.05) is 0 Å². The third-order valence-electron chi connectivity index (χ3n) is 2.74. The molecule has 1 aliphatic rings. The van der Waals surface area contributed by atoms with Crippen LogP contribution >= 0.6 is 0 Å². The van der Waals surface area contributed by atoms with E-state index in [1.54, 1.807) is 0 Å². The van der Waals surface area contributed by atoms with Gasteiger partial charge in [0.2, 0.25) is 0 Å². The van der Waals surface area contributed by atoms with Crippen LogP contribution in [0, 0.1) is 5.82 Å². The standard InChI is InChI=1S/C11H13FO5S/c12-8-1-2-10(7(3-8)4-13)17-11-6-18(15,16)5-9(11)14/h1-3,9,11,13-14H,4-6H2. The zero-order chi connectivity index (χ0) is 13.3. The van der Waals surface area contributed by atoms with Gasteiger partial charge in [0.1, 0.15) is 23.8 Å². The minimum absolute atomic E-state index is 0.181. The first kappa shape index (κ1) is 13.3. The summed E-state index contributed by atoms with van der Waals surface area (Å²) in [5, 5.41) is 18.6. The molecule has 18 heavy (non-hydrogen) atoms. The van der Waals surface area contributed by atoms with Crippen molar-refractivity contribution in [2.24, 2.45) is 0 Å². The van der Waals surface area contributed by atoms with Crippen molar-refractivity contribution in [3.8, 4) is 5.75 Å². The fourth-order valence-electron chi connectivity index (χ4n) is 1.86. The average molecular weight is 276 g/mol. The average Bonchev–Trinajstić information content (AvgIpc) is 2.54. The molecular weight excluding hydrogens is 263 g/mol. The first-order valence-electron chi connectivity index (χ1n) is 5.36. The molecule has 0 bridgehead atoms. The lowest BCUT2D eigenvalue weighted by atomic mass is 10.2. The maximum Gasteiger partial charge on any atom is 0.156 e. The van der Waals surface area contributed by atoms with Crippen molar-refractivity contribution in [3.63, 3.8) is 0 Å². The van der Waals surface area contributed by atoms with Crippen LogP contribution in [-0.4, -0.2) is 42.3 Å². The molecule has 1 aromatic rings. The van der Waals surface area contributed by atoms with Crippen molar-refractivity contribution < 1.29 is 27.8 Å². The maximum atomic E-state index is 12.9. The van der Waals surface area contributed by atoms with E-state index in [0.717, 1.165) is 12.1 Å². The molecule has 0 amide bonds. The Morgan fingerprint density at radius 3 is 2.67 bits per heavy atom. The number of aliphatic hydroxyl groups excluding tert-OH is 2. The first-order valence-corrected chi connectivity index (χ1v) is 7.18. The molecule has 7 heteroatoms. The number of hydrogen-bond donors (Lipinski definition) is 2. The van der Waals surface area contributed by atoms with Crippen molar-refractivity contribution in [2.45, 2.75) is 18.8 Å². The van der Waals surface area contributed by atoms with E-state index >= 15 is 0 Å². The molecule has 1 aliphatic heterocycles. The Bertz CT molecular complexity index is 542. The molecule has 0 saturated carbocycles. The van der Waals surface area contributed by atoms with Gasteiger partial charge in [0.25, 0.3) is 0 Å². The number of rotatable bonds is 3. The predicted molar refractivity (Wildman–Crippen MR) is 61.4 cm³/mol. The number of halogens is 1. The zero-order valence-electron chi connectivity index (χ0n) is 9.41. The van der Waals surface area contributed by atoms with Gasteiger partial charge in [-0.1, -0.05) is 0 Å². The van der Waals surface area contributed by atoms with Crippen LogP contribution in [-0.2, 0) is 16.4 Å². The van der Waals surface area contributed by atoms with Crippen LogP contribution in [0.3, 0.4) is 0 Å². The van der Waals surface area contributed by atoms with Crippen molar-refractivity contribution in [2.75, 3.05) is 11.5 Å². The Hall–Kier alpha value is -1.18. The zero-order valence-corrected chi connectivity index (χ0v) is 10.2. The second-order valence-corrected chi connectivity index (χ2v) is 6.36. The molecule has 2 unspecified atom stereocenters. The number of aliphatic hydroxyl groups is 2. The van der Waals surface area contributed by atoms with Gasteiger partial charge in [0.05, 0.1) is 18.1 Å². The molecule has 2 N–H and O–H groups in total. The summed E-state index contributed by atoms with van der Waals surface area (Å²) in [6.45, 7) is -0.428. The van der Waals surface area contributed by atoms with Gasteiger partial charge in [-0.2, -0.15) is 0 Å². The van der Waals surface area contributed by atoms with Crippen LogP contribution in [0.25, 0.3) is 0 Å². The Kier molecular flexibility index (Phi) is 3.56. The molecular formula is C11H13FO5S. The third-order valence-corrected chi connectivity index (χ3v) is 4.43. The van der Waals surface area contributed by atoms with E-state index in [9.17, 15) is 17.9 Å². The molecule has 5 nitrogen and oxygen atoms in total. The quantitative estimate of drug-likeness (QED) is 0.802. The lowest BCUT2D eigenvalue weighted by Crippen LogP contribution is -2.30. The minimum Gasteiger partial charge on any atom is -0.486 e. The van der Waals surface area contributed by atoms with E-state index in [4.69, 9.17) is 9.84 Å². The summed E-state index contributed by atoms with van der Waals surface area (Å²) in [6.07, 6.45) is -1.99. The second kappa shape index (κ2) is 4.83. The van der Waals surface area contributed by atoms with Gasteiger partial charge in [-0.3, -0.25) is 0 Å². The largest absolute Gasteiger partial charge is 0.486 e. The van der Waals surface area contributed by atoms with E-state index in [2.05, 4.69) is 0 Å². The number of sulfone groups is 1. The molecule has 2 atom stereocenters. The summed E-state index contributed by atoms with van der Waals surface area (Å²) in [5.74, 6) is -0.963. The summed E-state index contributed by atoms with van der Waals surface area (Å²) in [4.78, 5) is 0. The Labute approximate surface area is 104 Å². The Balaban J connectivity index is 2.20. The van der Waals surface area contributed by atoms with Gasteiger partial charge in [-0.05, 0) is 18.2 Å². The van der Waals surface area contributed by atoms with Crippen molar-refractivity contribution in [3.05, 3.63) is 29.6 Å².